The van der Waals surface area contributed by atoms with Crippen LogP contribution in [0.4, 0.5) is 4.79 Å². The van der Waals surface area contributed by atoms with E-state index in [1.54, 1.807) is 0 Å². The third-order valence-electron chi connectivity index (χ3n) is 4.09. The molecule has 1 aliphatic carbocycles. The molecule has 1 N–H and O–H groups in total. The average Bonchev–Trinajstić information content (AvgIpc) is 3.00. The fraction of sp³-hybridized carbons (Fsp3) is 0.857. The highest BCUT2D eigenvalue weighted by Crippen LogP contribution is 2.31. The van der Waals surface area contributed by atoms with Crippen LogP contribution in [0.15, 0.2) is 0 Å². The highest BCUT2D eigenvalue weighted by atomic mass is 16.4. The highest BCUT2D eigenvalue weighted by Gasteiger charge is 2.36. The van der Waals surface area contributed by atoms with Crippen LogP contribution in [0.3, 0.4) is 0 Å². The van der Waals surface area contributed by atoms with Crippen molar-refractivity contribution < 1.29 is 14.7 Å². The normalized spacial score (nSPS) is 22.9. The van der Waals surface area contributed by atoms with E-state index in [2.05, 4.69) is 13.8 Å². The summed E-state index contributed by atoms with van der Waals surface area (Å²) in [6, 6.07) is 0.188. The Morgan fingerprint density at radius 3 is 2.53 bits per heavy atom. The molecule has 5 heteroatoms. The van der Waals surface area contributed by atoms with Crippen LogP contribution in [0.25, 0.3) is 0 Å². The summed E-state index contributed by atoms with van der Waals surface area (Å²) >= 11 is 0. The van der Waals surface area contributed by atoms with Crippen molar-refractivity contribution in [1.82, 2.24) is 9.80 Å². The molecule has 1 unspecified atom stereocenters. The second-order valence-corrected chi connectivity index (χ2v) is 6.15. The quantitative estimate of drug-likeness (QED) is 0.830. The van der Waals surface area contributed by atoms with E-state index in [4.69, 9.17) is 5.11 Å². The molecule has 1 heterocycles. The monoisotopic (exact) mass is 268 g/mol. The summed E-state index contributed by atoms with van der Waals surface area (Å²) in [5.74, 6) is 0.0248. The maximum absolute atomic E-state index is 12.5. The molecule has 2 amide bonds. The first-order valence-corrected chi connectivity index (χ1v) is 7.26. The van der Waals surface area contributed by atoms with Gasteiger partial charge >= 0.3 is 12.0 Å². The van der Waals surface area contributed by atoms with Crippen molar-refractivity contribution >= 4 is 12.0 Å². The van der Waals surface area contributed by atoms with Crippen LogP contribution in [0.1, 0.15) is 39.5 Å². The Bertz CT molecular complexity index is 353. The predicted octanol–water partition coefficient (Wildman–Crippen LogP) is 2.02. The van der Waals surface area contributed by atoms with Crippen LogP contribution in [0.5, 0.6) is 0 Å². The zero-order valence-electron chi connectivity index (χ0n) is 11.8. The maximum Gasteiger partial charge on any atom is 0.323 e. The van der Waals surface area contributed by atoms with Gasteiger partial charge < -0.3 is 14.9 Å². The zero-order chi connectivity index (χ0) is 14.0. The Morgan fingerprint density at radius 2 is 2.00 bits per heavy atom. The van der Waals surface area contributed by atoms with Crippen LogP contribution in [0, 0.1) is 11.8 Å². The van der Waals surface area contributed by atoms with Gasteiger partial charge in [0, 0.05) is 19.1 Å². The Kier molecular flexibility index (Phi) is 4.32. The van der Waals surface area contributed by atoms with E-state index in [0.717, 1.165) is 32.2 Å². The molecular formula is C14H24N2O3. The van der Waals surface area contributed by atoms with Crippen LogP contribution >= 0.6 is 0 Å². The predicted molar refractivity (Wildman–Crippen MR) is 71.9 cm³/mol. The number of likely N-dealkylation sites (tertiary alicyclic amines) is 1. The molecule has 108 valence electrons. The first-order chi connectivity index (χ1) is 8.99. The molecule has 5 nitrogen and oxygen atoms in total. The molecule has 0 aromatic rings. The lowest BCUT2D eigenvalue weighted by Gasteiger charge is -2.33. The smallest absolute Gasteiger partial charge is 0.323 e. The van der Waals surface area contributed by atoms with Gasteiger partial charge in [-0.1, -0.05) is 13.8 Å². The molecule has 0 bridgehead atoms. The van der Waals surface area contributed by atoms with Crippen LogP contribution < -0.4 is 0 Å². The Hall–Kier alpha value is -1.26. The van der Waals surface area contributed by atoms with Gasteiger partial charge in [-0.25, -0.2) is 4.79 Å². The van der Waals surface area contributed by atoms with E-state index in [9.17, 15) is 9.59 Å². The molecule has 0 aromatic heterocycles. The summed E-state index contributed by atoms with van der Waals surface area (Å²) in [5.41, 5.74) is 0. The van der Waals surface area contributed by atoms with Crippen LogP contribution in [-0.4, -0.2) is 52.6 Å². The highest BCUT2D eigenvalue weighted by molar-refractivity contribution is 5.80. The first-order valence-electron chi connectivity index (χ1n) is 7.26. The van der Waals surface area contributed by atoms with Crippen molar-refractivity contribution in [3.05, 3.63) is 0 Å². The first kappa shape index (κ1) is 14.2. The number of amides is 2. The van der Waals surface area contributed by atoms with Gasteiger partial charge in [-0.3, -0.25) is 4.79 Å². The number of rotatable bonds is 5. The van der Waals surface area contributed by atoms with Gasteiger partial charge in [0.1, 0.15) is 6.54 Å². The van der Waals surface area contributed by atoms with Gasteiger partial charge in [-0.2, -0.15) is 0 Å². The Labute approximate surface area is 114 Å². The van der Waals surface area contributed by atoms with E-state index in [-0.39, 0.29) is 18.6 Å². The number of carbonyl (C=O) groups is 2. The average molecular weight is 268 g/mol. The second-order valence-electron chi connectivity index (χ2n) is 6.15. The third kappa shape index (κ3) is 3.61. The SMILES string of the molecule is CC(C)C1CCCN1C(=O)N(CC(=O)O)CC1CC1. The number of urea groups is 1. The summed E-state index contributed by atoms with van der Waals surface area (Å²) in [5, 5.41) is 8.97. The van der Waals surface area contributed by atoms with E-state index in [1.807, 2.05) is 4.90 Å². The lowest BCUT2D eigenvalue weighted by atomic mass is 10.0. The largest absolute Gasteiger partial charge is 0.480 e. The van der Waals surface area contributed by atoms with Crippen molar-refractivity contribution in [3.8, 4) is 0 Å². The van der Waals surface area contributed by atoms with Gasteiger partial charge in [0.25, 0.3) is 0 Å². The Balaban J connectivity index is 2.02. The molecule has 1 saturated heterocycles. The number of aliphatic carboxylic acids is 1. The molecule has 19 heavy (non-hydrogen) atoms. The van der Waals surface area contributed by atoms with Gasteiger partial charge in [0.05, 0.1) is 0 Å². The van der Waals surface area contributed by atoms with Gasteiger partial charge in [0.2, 0.25) is 0 Å². The van der Waals surface area contributed by atoms with Crippen molar-refractivity contribution in [1.29, 1.82) is 0 Å². The summed E-state index contributed by atoms with van der Waals surface area (Å²) in [6.45, 7) is 5.45. The lowest BCUT2D eigenvalue weighted by molar-refractivity contribution is -0.137. The number of carboxylic acid groups (broad SMARTS) is 1. The minimum absolute atomic E-state index is 0.0782. The molecule has 0 spiro atoms. The number of nitrogens with zero attached hydrogens (tertiary/aromatic N) is 2. The van der Waals surface area contributed by atoms with Crippen LogP contribution in [-0.2, 0) is 4.79 Å². The van der Waals surface area contributed by atoms with Gasteiger partial charge in [-0.15, -0.1) is 0 Å². The molecule has 2 fully saturated rings. The second kappa shape index (κ2) is 5.80. The lowest BCUT2D eigenvalue weighted by Crippen LogP contribution is -2.49. The third-order valence-corrected chi connectivity index (χ3v) is 4.09. The van der Waals surface area contributed by atoms with Crippen molar-refractivity contribution in [2.75, 3.05) is 19.6 Å². The van der Waals surface area contributed by atoms with Gasteiger partial charge in [-0.05, 0) is 37.5 Å². The van der Waals surface area contributed by atoms with E-state index in [0.29, 0.717) is 18.4 Å². The van der Waals surface area contributed by atoms with E-state index >= 15 is 0 Å². The number of hydrogen-bond acceptors (Lipinski definition) is 2. The molecule has 0 aromatic carbocycles. The summed E-state index contributed by atoms with van der Waals surface area (Å²) in [7, 11) is 0. The maximum atomic E-state index is 12.5. The molecule has 0 radical (unpaired) electrons. The molecule has 1 saturated carbocycles. The number of carbonyl (C=O) groups excluding carboxylic acids is 1. The molecule has 1 aliphatic heterocycles. The summed E-state index contributed by atoms with van der Waals surface area (Å²) in [4.78, 5) is 26.9. The fourth-order valence-electron chi connectivity index (χ4n) is 2.89. The molecular weight excluding hydrogens is 244 g/mol. The summed E-state index contributed by atoms with van der Waals surface area (Å²) < 4.78 is 0. The molecule has 2 aliphatic rings. The molecule has 1 atom stereocenters. The van der Waals surface area contributed by atoms with Crippen molar-refractivity contribution in [2.45, 2.75) is 45.6 Å². The standard InChI is InChI=1S/C14H24N2O3/c1-10(2)12-4-3-7-16(12)14(19)15(9-13(17)18)8-11-5-6-11/h10-12H,3-9H2,1-2H3,(H,17,18). The van der Waals surface area contributed by atoms with Crippen molar-refractivity contribution in [2.24, 2.45) is 11.8 Å². The molecule has 2 rings (SSSR count). The van der Waals surface area contributed by atoms with E-state index in [1.165, 1.54) is 4.90 Å². The van der Waals surface area contributed by atoms with E-state index < -0.39 is 5.97 Å². The minimum Gasteiger partial charge on any atom is -0.480 e. The topological polar surface area (TPSA) is 60.9 Å². The minimum atomic E-state index is -0.922. The number of hydrogen-bond donors (Lipinski definition) is 1. The van der Waals surface area contributed by atoms with Crippen molar-refractivity contribution in [3.63, 3.8) is 0 Å². The van der Waals surface area contributed by atoms with Crippen LogP contribution in [0.2, 0.25) is 0 Å². The fourth-order valence-corrected chi connectivity index (χ4v) is 2.89. The Morgan fingerprint density at radius 1 is 1.32 bits per heavy atom. The summed E-state index contributed by atoms with van der Waals surface area (Å²) in [6.07, 6.45) is 4.31. The van der Waals surface area contributed by atoms with Gasteiger partial charge in [0.15, 0.2) is 0 Å². The number of carboxylic acids is 1. The zero-order valence-corrected chi connectivity index (χ0v) is 11.8.